The molecule has 0 unspecified atom stereocenters. The van der Waals surface area contributed by atoms with Gasteiger partial charge in [0.05, 0.1) is 11.4 Å². The van der Waals surface area contributed by atoms with Crippen LogP contribution in [0.15, 0.2) is 22.7 Å². The summed E-state index contributed by atoms with van der Waals surface area (Å²) in [5.41, 5.74) is 13.1. The minimum atomic E-state index is -0.199. The number of benzene rings is 1. The van der Waals surface area contributed by atoms with E-state index in [1.807, 2.05) is 18.2 Å². The third-order valence-corrected chi connectivity index (χ3v) is 3.93. The Bertz CT molecular complexity index is 442. The highest BCUT2D eigenvalue weighted by Crippen LogP contribution is 2.31. The maximum absolute atomic E-state index is 10.9. The Balaban J connectivity index is 2.01. The molecule has 0 aromatic heterocycles. The Hall–Kier alpha value is -1.23. The van der Waals surface area contributed by atoms with Crippen molar-refractivity contribution in [3.8, 4) is 0 Å². The van der Waals surface area contributed by atoms with Gasteiger partial charge in [0.25, 0.3) is 0 Å². The molecule has 0 atom stereocenters. The van der Waals surface area contributed by atoms with Crippen molar-refractivity contribution in [2.45, 2.75) is 19.3 Å². The summed E-state index contributed by atoms with van der Waals surface area (Å²) < 4.78 is 1.03. The molecule has 0 radical (unpaired) electrons. The van der Waals surface area contributed by atoms with Crippen molar-refractivity contribution < 1.29 is 4.79 Å². The molecule has 4 N–H and O–H groups in total. The van der Waals surface area contributed by atoms with E-state index < -0.39 is 0 Å². The molecule has 1 aliphatic heterocycles. The zero-order valence-corrected chi connectivity index (χ0v) is 11.8. The van der Waals surface area contributed by atoms with Gasteiger partial charge < -0.3 is 16.4 Å². The summed E-state index contributed by atoms with van der Waals surface area (Å²) in [5.74, 6) is 0.225. The van der Waals surface area contributed by atoms with Crippen LogP contribution in [0.1, 0.15) is 19.3 Å². The predicted molar refractivity (Wildman–Crippen MR) is 77.3 cm³/mol. The van der Waals surface area contributed by atoms with Gasteiger partial charge in [-0.3, -0.25) is 4.79 Å². The van der Waals surface area contributed by atoms with Crippen molar-refractivity contribution in [1.29, 1.82) is 0 Å². The van der Waals surface area contributed by atoms with Crippen LogP contribution < -0.4 is 16.4 Å². The monoisotopic (exact) mass is 311 g/mol. The fourth-order valence-electron chi connectivity index (χ4n) is 2.45. The second-order valence-corrected chi connectivity index (χ2v) is 5.72. The van der Waals surface area contributed by atoms with Crippen LogP contribution in [0.3, 0.4) is 0 Å². The van der Waals surface area contributed by atoms with Gasteiger partial charge in [0.1, 0.15) is 0 Å². The minimum Gasteiger partial charge on any atom is -0.397 e. The maximum Gasteiger partial charge on any atom is 0.217 e. The first kappa shape index (κ1) is 13.2. The van der Waals surface area contributed by atoms with Crippen LogP contribution in [0.4, 0.5) is 11.4 Å². The van der Waals surface area contributed by atoms with Crippen molar-refractivity contribution in [2.75, 3.05) is 23.7 Å². The summed E-state index contributed by atoms with van der Waals surface area (Å²) >= 11 is 3.46. The molecule has 4 nitrogen and oxygen atoms in total. The Labute approximate surface area is 115 Å². The number of carbonyl (C=O) groups is 1. The van der Waals surface area contributed by atoms with Crippen molar-refractivity contribution in [3.63, 3.8) is 0 Å². The highest BCUT2D eigenvalue weighted by Gasteiger charge is 2.21. The fourth-order valence-corrected chi connectivity index (χ4v) is 2.80. The first-order valence-electron chi connectivity index (χ1n) is 6.14. The molecule has 1 heterocycles. The molecular formula is C13H18BrN3O. The topological polar surface area (TPSA) is 72.4 Å². The number of nitrogens with two attached hydrogens (primary N) is 2. The fraction of sp³-hybridized carbons (Fsp3) is 0.462. The minimum absolute atomic E-state index is 0.199. The van der Waals surface area contributed by atoms with Crippen molar-refractivity contribution in [1.82, 2.24) is 0 Å². The van der Waals surface area contributed by atoms with Gasteiger partial charge in [-0.05, 0) is 37.0 Å². The smallest absolute Gasteiger partial charge is 0.217 e. The molecule has 1 saturated heterocycles. The number of rotatable bonds is 3. The number of amides is 1. The van der Waals surface area contributed by atoms with Gasteiger partial charge in [0.15, 0.2) is 0 Å². The number of piperidine rings is 1. The second-order valence-electron chi connectivity index (χ2n) is 4.80. The van der Waals surface area contributed by atoms with E-state index in [0.717, 1.165) is 41.8 Å². The lowest BCUT2D eigenvalue weighted by molar-refractivity contribution is -0.119. The number of nitrogens with zero attached hydrogens (tertiary/aromatic N) is 1. The van der Waals surface area contributed by atoms with E-state index in [1.165, 1.54) is 0 Å². The highest BCUT2D eigenvalue weighted by atomic mass is 79.9. The van der Waals surface area contributed by atoms with Crippen LogP contribution in [0, 0.1) is 5.92 Å². The van der Waals surface area contributed by atoms with Gasteiger partial charge in [-0.15, -0.1) is 0 Å². The van der Waals surface area contributed by atoms with E-state index in [2.05, 4.69) is 20.8 Å². The molecule has 0 saturated carbocycles. The Morgan fingerprint density at radius 1 is 1.39 bits per heavy atom. The summed E-state index contributed by atoms with van der Waals surface area (Å²) in [6.07, 6.45) is 2.49. The van der Waals surface area contributed by atoms with Crippen molar-refractivity contribution >= 4 is 33.2 Å². The van der Waals surface area contributed by atoms with Crippen LogP contribution in [-0.4, -0.2) is 19.0 Å². The third kappa shape index (κ3) is 3.16. The third-order valence-electron chi connectivity index (χ3n) is 3.44. The molecule has 98 valence electrons. The summed E-state index contributed by atoms with van der Waals surface area (Å²) in [4.78, 5) is 13.2. The van der Waals surface area contributed by atoms with Crippen LogP contribution in [0.2, 0.25) is 0 Å². The molecule has 1 amide bonds. The average molecular weight is 312 g/mol. The Kier molecular flexibility index (Phi) is 4.11. The Morgan fingerprint density at radius 2 is 2.06 bits per heavy atom. The first-order chi connectivity index (χ1) is 8.56. The van der Waals surface area contributed by atoms with Crippen LogP contribution in [0.5, 0.6) is 0 Å². The van der Waals surface area contributed by atoms with E-state index in [1.54, 1.807) is 0 Å². The zero-order chi connectivity index (χ0) is 13.1. The number of halogens is 1. The SMILES string of the molecule is NC(=O)CC1CCN(c2cc(Br)ccc2N)CC1. The van der Waals surface area contributed by atoms with Gasteiger partial charge >= 0.3 is 0 Å². The highest BCUT2D eigenvalue weighted by molar-refractivity contribution is 9.10. The lowest BCUT2D eigenvalue weighted by Gasteiger charge is -2.34. The van der Waals surface area contributed by atoms with Crippen LogP contribution >= 0.6 is 15.9 Å². The zero-order valence-electron chi connectivity index (χ0n) is 10.2. The van der Waals surface area contributed by atoms with E-state index in [4.69, 9.17) is 11.5 Å². The molecule has 5 heteroatoms. The first-order valence-corrected chi connectivity index (χ1v) is 6.94. The maximum atomic E-state index is 10.9. The second kappa shape index (κ2) is 5.61. The van der Waals surface area contributed by atoms with Gasteiger partial charge in [-0.25, -0.2) is 0 Å². The largest absolute Gasteiger partial charge is 0.397 e. The number of primary amides is 1. The van der Waals surface area contributed by atoms with Crippen molar-refractivity contribution in [3.05, 3.63) is 22.7 Å². The summed E-state index contributed by atoms with van der Waals surface area (Å²) in [7, 11) is 0. The molecule has 1 aliphatic rings. The molecule has 18 heavy (non-hydrogen) atoms. The van der Waals surface area contributed by atoms with E-state index >= 15 is 0 Å². The lowest BCUT2D eigenvalue weighted by atomic mass is 9.93. The molecule has 2 rings (SSSR count). The molecule has 0 spiro atoms. The number of hydrogen-bond donors (Lipinski definition) is 2. The standard InChI is InChI=1S/C13H18BrN3O/c14-10-1-2-11(15)12(8-10)17-5-3-9(4-6-17)7-13(16)18/h1-2,8-9H,3-7,15H2,(H2,16,18). The number of nitrogen functional groups attached to an aromatic ring is 1. The summed E-state index contributed by atoms with van der Waals surface area (Å²) in [6.45, 7) is 1.86. The molecule has 1 aromatic rings. The van der Waals surface area contributed by atoms with Crippen LogP contribution in [-0.2, 0) is 4.79 Å². The molecule has 1 aromatic carbocycles. The number of anilines is 2. The Morgan fingerprint density at radius 3 is 2.67 bits per heavy atom. The molecule has 0 bridgehead atoms. The van der Waals surface area contributed by atoms with Crippen molar-refractivity contribution in [2.24, 2.45) is 11.7 Å². The quantitative estimate of drug-likeness (QED) is 0.840. The van der Waals surface area contributed by atoms with Gasteiger partial charge in [-0.2, -0.15) is 0 Å². The molecule has 1 fully saturated rings. The predicted octanol–water partition coefficient (Wildman–Crippen LogP) is 2.12. The van der Waals surface area contributed by atoms with E-state index in [9.17, 15) is 4.79 Å². The molecule has 0 aliphatic carbocycles. The number of carbonyl (C=O) groups excluding carboxylic acids is 1. The van der Waals surface area contributed by atoms with Gasteiger partial charge in [0.2, 0.25) is 5.91 Å². The van der Waals surface area contributed by atoms with E-state index in [0.29, 0.717) is 12.3 Å². The van der Waals surface area contributed by atoms with E-state index in [-0.39, 0.29) is 5.91 Å². The average Bonchev–Trinajstić information content (AvgIpc) is 2.33. The van der Waals surface area contributed by atoms with Gasteiger partial charge in [0, 0.05) is 24.0 Å². The van der Waals surface area contributed by atoms with Gasteiger partial charge in [-0.1, -0.05) is 15.9 Å². The summed E-state index contributed by atoms with van der Waals surface area (Å²) in [6, 6.07) is 5.90. The molecular weight excluding hydrogens is 294 g/mol. The summed E-state index contributed by atoms with van der Waals surface area (Å²) in [5, 5.41) is 0. The van der Waals surface area contributed by atoms with Crippen LogP contribution in [0.25, 0.3) is 0 Å². The lowest BCUT2D eigenvalue weighted by Crippen LogP contribution is -2.35. The number of hydrogen-bond acceptors (Lipinski definition) is 3. The normalized spacial score (nSPS) is 16.8.